The van der Waals surface area contributed by atoms with Gasteiger partial charge in [-0.15, -0.1) is 0 Å². The number of hydrogen-bond donors (Lipinski definition) is 1. The second kappa shape index (κ2) is 7.02. The largest absolute Gasteiger partial charge is 0.433 e. The average molecular weight is 379 g/mol. The van der Waals surface area contributed by atoms with Crippen molar-refractivity contribution in [3.05, 3.63) is 46.8 Å². The van der Waals surface area contributed by atoms with Gasteiger partial charge in [-0.2, -0.15) is 18.3 Å². The summed E-state index contributed by atoms with van der Waals surface area (Å²) in [5, 5.41) is 6.62. The second-order valence-corrected chi connectivity index (χ2v) is 7.99. The van der Waals surface area contributed by atoms with E-state index in [1.54, 1.807) is 26.8 Å². The molecule has 2 aromatic rings. The highest BCUT2D eigenvalue weighted by Crippen LogP contribution is 2.33. The van der Waals surface area contributed by atoms with Gasteiger partial charge < -0.3 is 5.32 Å². The number of nitrogens with one attached hydrogen (secondary N) is 1. The SMILES string of the molecule is CC(C)(C)n1nc(C(=O)Nc2ccc3c(c2)CCCCC3)cc1C(F)(F)F. The number of halogens is 3. The van der Waals surface area contributed by atoms with E-state index in [4.69, 9.17) is 0 Å². The molecule has 3 rings (SSSR count). The van der Waals surface area contributed by atoms with E-state index in [2.05, 4.69) is 10.4 Å². The number of carbonyl (C=O) groups is 1. The van der Waals surface area contributed by atoms with Crippen LogP contribution in [0.4, 0.5) is 18.9 Å². The van der Waals surface area contributed by atoms with E-state index < -0.39 is 23.3 Å². The molecule has 27 heavy (non-hydrogen) atoms. The number of benzene rings is 1. The van der Waals surface area contributed by atoms with E-state index in [0.29, 0.717) is 5.69 Å². The number of rotatable bonds is 2. The van der Waals surface area contributed by atoms with Gasteiger partial charge in [-0.3, -0.25) is 9.48 Å². The molecule has 1 aliphatic carbocycles. The fourth-order valence-corrected chi connectivity index (χ4v) is 3.39. The number of hydrogen-bond acceptors (Lipinski definition) is 2. The van der Waals surface area contributed by atoms with Gasteiger partial charge in [-0.05, 0) is 69.7 Å². The Balaban J connectivity index is 1.87. The molecule has 0 fully saturated rings. The van der Waals surface area contributed by atoms with E-state index in [1.807, 2.05) is 12.1 Å². The number of fused-ring (bicyclic) bond motifs is 1. The molecule has 4 nitrogen and oxygen atoms in total. The van der Waals surface area contributed by atoms with Crippen molar-refractivity contribution < 1.29 is 18.0 Å². The second-order valence-electron chi connectivity index (χ2n) is 7.99. The molecule has 0 atom stereocenters. The molecule has 0 unspecified atom stereocenters. The number of amides is 1. The van der Waals surface area contributed by atoms with Crippen LogP contribution in [-0.4, -0.2) is 15.7 Å². The number of carbonyl (C=O) groups excluding carboxylic acids is 1. The van der Waals surface area contributed by atoms with Crippen LogP contribution in [0.15, 0.2) is 24.3 Å². The highest BCUT2D eigenvalue weighted by Gasteiger charge is 2.39. The zero-order valence-corrected chi connectivity index (χ0v) is 15.8. The molecule has 146 valence electrons. The first-order valence-corrected chi connectivity index (χ1v) is 9.16. The summed E-state index contributed by atoms with van der Waals surface area (Å²) in [6.07, 6.45) is 0.840. The summed E-state index contributed by atoms with van der Waals surface area (Å²) in [6, 6.07) is 6.52. The van der Waals surface area contributed by atoms with Crippen molar-refractivity contribution in [1.29, 1.82) is 0 Å². The third kappa shape index (κ3) is 4.34. The van der Waals surface area contributed by atoms with Crippen molar-refractivity contribution in [2.75, 3.05) is 5.32 Å². The molecule has 1 aromatic carbocycles. The minimum Gasteiger partial charge on any atom is -0.321 e. The Bertz CT molecular complexity index is 816. The fraction of sp³-hybridized carbons (Fsp3) is 0.500. The number of nitrogens with zero attached hydrogens (tertiary/aromatic N) is 2. The van der Waals surface area contributed by atoms with Gasteiger partial charge in [-0.1, -0.05) is 12.5 Å². The van der Waals surface area contributed by atoms with Crippen molar-refractivity contribution in [3.8, 4) is 0 Å². The van der Waals surface area contributed by atoms with Crippen LogP contribution in [0.3, 0.4) is 0 Å². The van der Waals surface area contributed by atoms with Crippen molar-refractivity contribution in [3.63, 3.8) is 0 Å². The van der Waals surface area contributed by atoms with Crippen LogP contribution in [0.5, 0.6) is 0 Å². The monoisotopic (exact) mass is 379 g/mol. The van der Waals surface area contributed by atoms with Gasteiger partial charge in [0.15, 0.2) is 5.69 Å². The lowest BCUT2D eigenvalue weighted by Gasteiger charge is -2.23. The smallest absolute Gasteiger partial charge is 0.321 e. The van der Waals surface area contributed by atoms with Crippen LogP contribution in [0.1, 0.15) is 67.3 Å². The molecule has 0 saturated heterocycles. The van der Waals surface area contributed by atoms with Gasteiger partial charge >= 0.3 is 6.18 Å². The minimum absolute atomic E-state index is 0.243. The first-order valence-electron chi connectivity index (χ1n) is 9.16. The predicted octanol–water partition coefficient (Wildman–Crippen LogP) is 5.18. The molecule has 0 radical (unpaired) electrons. The van der Waals surface area contributed by atoms with Crippen molar-refractivity contribution in [2.24, 2.45) is 0 Å². The van der Waals surface area contributed by atoms with Crippen molar-refractivity contribution in [1.82, 2.24) is 9.78 Å². The summed E-state index contributed by atoms with van der Waals surface area (Å²) in [4.78, 5) is 12.5. The van der Waals surface area contributed by atoms with Crippen LogP contribution < -0.4 is 5.32 Å². The molecule has 7 heteroatoms. The van der Waals surface area contributed by atoms with Gasteiger partial charge in [0, 0.05) is 11.8 Å². The van der Waals surface area contributed by atoms with Crippen LogP contribution in [0.2, 0.25) is 0 Å². The molecule has 1 N–H and O–H groups in total. The molecular formula is C20H24F3N3O. The molecule has 1 aliphatic rings. The Morgan fingerprint density at radius 2 is 1.70 bits per heavy atom. The van der Waals surface area contributed by atoms with Crippen LogP contribution in [0, 0.1) is 0 Å². The van der Waals surface area contributed by atoms with Gasteiger partial charge in [-0.25, -0.2) is 0 Å². The molecule has 0 saturated carbocycles. The van der Waals surface area contributed by atoms with Gasteiger partial charge in [0.25, 0.3) is 5.91 Å². The lowest BCUT2D eigenvalue weighted by atomic mass is 10.0. The lowest BCUT2D eigenvalue weighted by Crippen LogP contribution is -2.29. The molecule has 0 bridgehead atoms. The normalized spacial score (nSPS) is 15.2. The third-order valence-electron chi connectivity index (χ3n) is 4.72. The maximum absolute atomic E-state index is 13.3. The van der Waals surface area contributed by atoms with Crippen LogP contribution in [0.25, 0.3) is 0 Å². The topological polar surface area (TPSA) is 46.9 Å². The molecular weight excluding hydrogens is 355 g/mol. The lowest BCUT2D eigenvalue weighted by molar-refractivity contribution is -0.146. The van der Waals surface area contributed by atoms with Crippen molar-refractivity contribution in [2.45, 2.75) is 64.6 Å². The van der Waals surface area contributed by atoms with E-state index in [0.717, 1.165) is 36.4 Å². The van der Waals surface area contributed by atoms with Crippen LogP contribution in [-0.2, 0) is 24.6 Å². The summed E-state index contributed by atoms with van der Waals surface area (Å²) >= 11 is 0. The quantitative estimate of drug-likeness (QED) is 0.731. The maximum Gasteiger partial charge on any atom is 0.433 e. The first kappa shape index (κ1) is 19.5. The number of aryl methyl sites for hydroxylation is 2. The molecule has 1 amide bonds. The Morgan fingerprint density at radius 1 is 1.04 bits per heavy atom. The summed E-state index contributed by atoms with van der Waals surface area (Å²) < 4.78 is 40.8. The summed E-state index contributed by atoms with van der Waals surface area (Å²) in [5.41, 5.74) is 0.991. The Labute approximate surface area is 156 Å². The summed E-state index contributed by atoms with van der Waals surface area (Å²) in [7, 11) is 0. The highest BCUT2D eigenvalue weighted by molar-refractivity contribution is 6.03. The maximum atomic E-state index is 13.3. The third-order valence-corrected chi connectivity index (χ3v) is 4.72. The predicted molar refractivity (Wildman–Crippen MR) is 97.9 cm³/mol. The molecule has 1 aromatic heterocycles. The Kier molecular flexibility index (Phi) is 5.06. The summed E-state index contributed by atoms with van der Waals surface area (Å²) in [6.45, 7) is 4.84. The standard InChI is InChI=1S/C20H24F3N3O/c1-19(2,3)26-17(20(21,22)23)12-16(25-26)18(27)24-15-10-9-13-7-5-4-6-8-14(13)11-15/h9-12H,4-8H2,1-3H3,(H,24,27). The highest BCUT2D eigenvalue weighted by atomic mass is 19.4. The van der Waals surface area contributed by atoms with E-state index in [1.165, 1.54) is 17.5 Å². The zero-order chi connectivity index (χ0) is 19.8. The Hall–Kier alpha value is -2.31. The number of anilines is 1. The van der Waals surface area contributed by atoms with E-state index in [9.17, 15) is 18.0 Å². The van der Waals surface area contributed by atoms with E-state index >= 15 is 0 Å². The van der Waals surface area contributed by atoms with Crippen molar-refractivity contribution >= 4 is 11.6 Å². The van der Waals surface area contributed by atoms with Gasteiger partial charge in [0.2, 0.25) is 0 Å². The molecule has 1 heterocycles. The minimum atomic E-state index is -4.58. The average Bonchev–Trinajstić information content (AvgIpc) is 2.91. The zero-order valence-electron chi connectivity index (χ0n) is 15.8. The molecule has 0 aliphatic heterocycles. The number of alkyl halides is 3. The van der Waals surface area contributed by atoms with Crippen LogP contribution >= 0.6 is 0 Å². The van der Waals surface area contributed by atoms with Gasteiger partial charge in [0.1, 0.15) is 5.69 Å². The summed E-state index contributed by atoms with van der Waals surface area (Å²) in [5.74, 6) is -0.642. The van der Waals surface area contributed by atoms with E-state index in [-0.39, 0.29) is 5.69 Å². The van der Waals surface area contributed by atoms with Gasteiger partial charge in [0.05, 0.1) is 5.54 Å². The fourth-order valence-electron chi connectivity index (χ4n) is 3.39. The Morgan fingerprint density at radius 3 is 2.30 bits per heavy atom. The number of aromatic nitrogens is 2. The first-order chi connectivity index (χ1) is 12.6. The molecule has 0 spiro atoms.